The Bertz CT molecular complexity index is 665. The Morgan fingerprint density at radius 1 is 1.12 bits per heavy atom. The Hall–Kier alpha value is -1.80. The third-order valence-electron chi connectivity index (χ3n) is 3.54. The van der Waals surface area contributed by atoms with Crippen LogP contribution in [0.4, 0.5) is 0 Å². The number of hydrogen-bond acceptors (Lipinski definition) is 3. The summed E-state index contributed by atoms with van der Waals surface area (Å²) < 4.78 is 5.62. The minimum atomic E-state index is -0.624. The molecule has 1 atom stereocenters. The van der Waals surface area contributed by atoms with E-state index in [-0.39, 0.29) is 30.6 Å². The first kappa shape index (κ1) is 22.2. The Kier molecular flexibility index (Phi) is 10.7. The molecule has 142 valence electrons. The number of aliphatic hydroxyl groups is 1. The molecule has 3 N–H and O–H groups in total. The summed E-state index contributed by atoms with van der Waals surface area (Å²) >= 11 is 0. The van der Waals surface area contributed by atoms with Crippen LogP contribution in [-0.4, -0.2) is 36.9 Å². The molecule has 0 saturated heterocycles. The van der Waals surface area contributed by atoms with E-state index in [9.17, 15) is 5.11 Å². The molecule has 0 radical (unpaired) electrons. The summed E-state index contributed by atoms with van der Waals surface area (Å²) in [4.78, 5) is 4.53. The molecule has 0 aliphatic rings. The average Bonchev–Trinajstić information content (AvgIpc) is 2.63. The maximum Gasteiger partial charge on any atom is 0.191 e. The van der Waals surface area contributed by atoms with E-state index in [4.69, 9.17) is 4.74 Å². The third-order valence-corrected chi connectivity index (χ3v) is 3.54. The second kappa shape index (κ2) is 12.5. The van der Waals surface area contributed by atoms with Gasteiger partial charge in [-0.05, 0) is 37.1 Å². The molecule has 0 aliphatic heterocycles. The number of rotatable bonds is 8. The highest BCUT2D eigenvalue weighted by atomic mass is 127. The van der Waals surface area contributed by atoms with Crippen molar-refractivity contribution in [3.63, 3.8) is 0 Å². The van der Waals surface area contributed by atoms with Crippen LogP contribution < -0.4 is 15.4 Å². The SMILES string of the molecule is CCNC(=NCc1ccccc1)NCC(O)COc1cccc(C)c1.I. The van der Waals surface area contributed by atoms with Gasteiger partial charge in [-0.3, -0.25) is 0 Å². The molecular formula is C20H28IN3O2. The smallest absolute Gasteiger partial charge is 0.191 e. The fraction of sp³-hybridized carbons (Fsp3) is 0.350. The first-order valence-electron chi connectivity index (χ1n) is 8.61. The molecule has 2 aromatic rings. The number of benzene rings is 2. The van der Waals surface area contributed by atoms with E-state index in [0.29, 0.717) is 19.0 Å². The standard InChI is InChI=1S/C20H27N3O2.HI/c1-3-21-20(22-13-17-9-5-4-6-10-17)23-14-18(24)15-25-19-11-7-8-16(2)12-19;/h4-12,18,24H,3,13-15H2,1-2H3,(H2,21,22,23);1H. The predicted molar refractivity (Wildman–Crippen MR) is 117 cm³/mol. The van der Waals surface area contributed by atoms with E-state index in [0.717, 1.165) is 23.4 Å². The van der Waals surface area contributed by atoms with E-state index in [2.05, 4.69) is 15.6 Å². The molecule has 1 unspecified atom stereocenters. The molecule has 6 heteroatoms. The Labute approximate surface area is 172 Å². The van der Waals surface area contributed by atoms with Crippen LogP contribution in [0.3, 0.4) is 0 Å². The fourth-order valence-corrected chi connectivity index (χ4v) is 2.27. The van der Waals surface area contributed by atoms with E-state index in [1.165, 1.54) is 0 Å². The van der Waals surface area contributed by atoms with E-state index in [1.54, 1.807) is 0 Å². The zero-order valence-corrected chi connectivity index (χ0v) is 17.6. The molecule has 0 aromatic heterocycles. The molecule has 0 bridgehead atoms. The summed E-state index contributed by atoms with van der Waals surface area (Å²) in [7, 11) is 0. The number of aliphatic imine (C=N–C) groups is 1. The van der Waals surface area contributed by atoms with Gasteiger partial charge in [0.2, 0.25) is 0 Å². The summed E-state index contributed by atoms with van der Waals surface area (Å²) in [5.74, 6) is 1.45. The van der Waals surface area contributed by atoms with Crippen LogP contribution in [0.1, 0.15) is 18.1 Å². The van der Waals surface area contributed by atoms with Gasteiger partial charge in [0.1, 0.15) is 18.5 Å². The Morgan fingerprint density at radius 3 is 2.58 bits per heavy atom. The Balaban J connectivity index is 0.00000338. The summed E-state index contributed by atoms with van der Waals surface area (Å²) in [6, 6.07) is 17.8. The van der Waals surface area contributed by atoms with Crippen LogP contribution in [-0.2, 0) is 6.54 Å². The molecule has 0 amide bonds. The third kappa shape index (κ3) is 8.53. The van der Waals surface area contributed by atoms with Crippen molar-refractivity contribution < 1.29 is 9.84 Å². The maximum absolute atomic E-state index is 10.1. The van der Waals surface area contributed by atoms with Gasteiger partial charge < -0.3 is 20.5 Å². The number of ether oxygens (including phenoxy) is 1. The van der Waals surface area contributed by atoms with Crippen LogP contribution >= 0.6 is 24.0 Å². The lowest BCUT2D eigenvalue weighted by Gasteiger charge is -2.16. The fourth-order valence-electron chi connectivity index (χ4n) is 2.27. The zero-order chi connectivity index (χ0) is 17.9. The molecule has 0 aliphatic carbocycles. The van der Waals surface area contributed by atoms with Crippen LogP contribution in [0.15, 0.2) is 59.6 Å². The van der Waals surface area contributed by atoms with Crippen molar-refractivity contribution in [2.24, 2.45) is 4.99 Å². The van der Waals surface area contributed by atoms with Crippen molar-refractivity contribution in [1.82, 2.24) is 10.6 Å². The maximum atomic E-state index is 10.1. The number of halogens is 1. The van der Waals surface area contributed by atoms with Crippen LogP contribution in [0.2, 0.25) is 0 Å². The van der Waals surface area contributed by atoms with Gasteiger partial charge in [-0.15, -0.1) is 24.0 Å². The normalized spacial score (nSPS) is 12.0. The number of nitrogens with one attached hydrogen (secondary N) is 2. The highest BCUT2D eigenvalue weighted by Gasteiger charge is 2.07. The number of guanidine groups is 1. The highest BCUT2D eigenvalue weighted by molar-refractivity contribution is 14.0. The first-order chi connectivity index (χ1) is 12.2. The lowest BCUT2D eigenvalue weighted by molar-refractivity contribution is 0.110. The predicted octanol–water partition coefficient (Wildman–Crippen LogP) is 3.11. The van der Waals surface area contributed by atoms with Gasteiger partial charge >= 0.3 is 0 Å². The van der Waals surface area contributed by atoms with Gasteiger partial charge in [-0.2, -0.15) is 0 Å². The Morgan fingerprint density at radius 2 is 1.88 bits per heavy atom. The molecular weight excluding hydrogens is 441 g/mol. The van der Waals surface area contributed by atoms with E-state index < -0.39 is 6.10 Å². The van der Waals surface area contributed by atoms with Crippen molar-refractivity contribution in [3.05, 3.63) is 65.7 Å². The van der Waals surface area contributed by atoms with Crippen LogP contribution in [0, 0.1) is 6.92 Å². The van der Waals surface area contributed by atoms with Gasteiger partial charge in [0, 0.05) is 13.1 Å². The molecule has 0 saturated carbocycles. The van der Waals surface area contributed by atoms with Gasteiger partial charge in [0.05, 0.1) is 6.54 Å². The lowest BCUT2D eigenvalue weighted by Crippen LogP contribution is -2.42. The van der Waals surface area contributed by atoms with Gasteiger partial charge in [-0.25, -0.2) is 4.99 Å². The van der Waals surface area contributed by atoms with Gasteiger partial charge in [0.15, 0.2) is 5.96 Å². The molecule has 5 nitrogen and oxygen atoms in total. The second-order valence-electron chi connectivity index (χ2n) is 5.84. The lowest BCUT2D eigenvalue weighted by atomic mass is 10.2. The number of hydrogen-bond donors (Lipinski definition) is 3. The number of aryl methyl sites for hydroxylation is 1. The monoisotopic (exact) mass is 469 g/mol. The van der Waals surface area contributed by atoms with E-state index in [1.807, 2.05) is 68.4 Å². The van der Waals surface area contributed by atoms with E-state index >= 15 is 0 Å². The molecule has 26 heavy (non-hydrogen) atoms. The molecule has 0 spiro atoms. The molecule has 0 fully saturated rings. The van der Waals surface area contributed by atoms with Crippen molar-refractivity contribution in [2.45, 2.75) is 26.5 Å². The minimum absolute atomic E-state index is 0. The van der Waals surface area contributed by atoms with Crippen LogP contribution in [0.25, 0.3) is 0 Å². The summed E-state index contributed by atoms with van der Waals surface area (Å²) in [6.45, 7) is 5.97. The van der Waals surface area contributed by atoms with Crippen molar-refractivity contribution in [1.29, 1.82) is 0 Å². The first-order valence-corrected chi connectivity index (χ1v) is 8.61. The van der Waals surface area contributed by atoms with Crippen molar-refractivity contribution >= 4 is 29.9 Å². The zero-order valence-electron chi connectivity index (χ0n) is 15.3. The summed E-state index contributed by atoms with van der Waals surface area (Å²) in [6.07, 6.45) is -0.624. The summed E-state index contributed by atoms with van der Waals surface area (Å²) in [5.41, 5.74) is 2.27. The minimum Gasteiger partial charge on any atom is -0.491 e. The molecule has 2 rings (SSSR count). The van der Waals surface area contributed by atoms with Crippen molar-refractivity contribution in [3.8, 4) is 5.75 Å². The summed E-state index contributed by atoms with van der Waals surface area (Å²) in [5, 5.41) is 16.4. The van der Waals surface area contributed by atoms with Gasteiger partial charge in [-0.1, -0.05) is 42.5 Å². The van der Waals surface area contributed by atoms with Crippen molar-refractivity contribution in [2.75, 3.05) is 19.7 Å². The number of aliphatic hydroxyl groups excluding tert-OH is 1. The second-order valence-corrected chi connectivity index (χ2v) is 5.84. The number of nitrogens with zero attached hydrogens (tertiary/aromatic N) is 1. The average molecular weight is 469 g/mol. The highest BCUT2D eigenvalue weighted by Crippen LogP contribution is 2.12. The quantitative estimate of drug-likeness (QED) is 0.316. The van der Waals surface area contributed by atoms with Gasteiger partial charge in [0.25, 0.3) is 0 Å². The molecule has 0 heterocycles. The largest absolute Gasteiger partial charge is 0.491 e. The van der Waals surface area contributed by atoms with Crippen LogP contribution in [0.5, 0.6) is 5.75 Å². The topological polar surface area (TPSA) is 65.9 Å². The molecule has 2 aromatic carbocycles.